The molecule has 7 nitrogen and oxygen atoms in total. The fourth-order valence-electron chi connectivity index (χ4n) is 3.17. The Hall–Kier alpha value is -2.96. The number of hydrogen-bond acceptors (Lipinski definition) is 6. The molecule has 0 N–H and O–H groups in total. The number of carbonyl (C=O) groups excluding carboxylic acids is 1. The first-order valence-corrected chi connectivity index (χ1v) is 8.41. The molecule has 0 unspecified atom stereocenters. The summed E-state index contributed by atoms with van der Waals surface area (Å²) in [5.41, 5.74) is 0.632. The minimum atomic E-state index is -0.373. The Morgan fingerprint density at radius 2 is 1.88 bits per heavy atom. The molecular formula is C19H22N2O5. The van der Waals surface area contributed by atoms with Crippen molar-refractivity contribution < 1.29 is 18.7 Å². The van der Waals surface area contributed by atoms with E-state index >= 15 is 0 Å². The fraction of sp³-hybridized carbons (Fsp3) is 0.368. The highest BCUT2D eigenvalue weighted by Gasteiger charge is 2.30. The predicted octanol–water partition coefficient (Wildman–Crippen LogP) is 2.01. The third kappa shape index (κ3) is 3.37. The lowest BCUT2D eigenvalue weighted by atomic mass is 10.1. The number of benzene rings is 1. The Labute approximate surface area is 151 Å². The largest absolute Gasteiger partial charge is 0.495 e. The second-order valence-electron chi connectivity index (χ2n) is 6.14. The molecule has 0 spiro atoms. The maximum absolute atomic E-state index is 12.7. The van der Waals surface area contributed by atoms with E-state index in [1.807, 2.05) is 31.2 Å². The summed E-state index contributed by atoms with van der Waals surface area (Å²) in [7, 11) is 3.03. The van der Waals surface area contributed by atoms with Gasteiger partial charge in [-0.1, -0.05) is 12.1 Å². The van der Waals surface area contributed by atoms with Gasteiger partial charge in [0.15, 0.2) is 5.76 Å². The molecule has 26 heavy (non-hydrogen) atoms. The topological polar surface area (TPSA) is 72.2 Å². The van der Waals surface area contributed by atoms with Gasteiger partial charge in [-0.05, 0) is 19.1 Å². The number of anilines is 1. The van der Waals surface area contributed by atoms with E-state index in [-0.39, 0.29) is 28.9 Å². The molecular weight excluding hydrogens is 336 g/mol. The highest BCUT2D eigenvalue weighted by Crippen LogP contribution is 2.29. The zero-order valence-corrected chi connectivity index (χ0v) is 15.1. The summed E-state index contributed by atoms with van der Waals surface area (Å²) >= 11 is 0. The van der Waals surface area contributed by atoms with Crippen molar-refractivity contribution in [2.45, 2.75) is 13.0 Å². The molecule has 7 heteroatoms. The number of piperazine rings is 1. The van der Waals surface area contributed by atoms with Crippen molar-refractivity contribution >= 4 is 11.6 Å². The normalized spacial score (nSPS) is 17.1. The van der Waals surface area contributed by atoms with Crippen LogP contribution in [0.1, 0.15) is 17.5 Å². The van der Waals surface area contributed by atoms with Gasteiger partial charge in [0.1, 0.15) is 12.0 Å². The number of para-hydroxylation sites is 2. The summed E-state index contributed by atoms with van der Waals surface area (Å²) in [5.74, 6) is 0.613. The van der Waals surface area contributed by atoms with E-state index in [2.05, 4.69) is 4.90 Å². The Kier molecular flexibility index (Phi) is 5.16. The van der Waals surface area contributed by atoms with Gasteiger partial charge in [0.2, 0.25) is 11.2 Å². The average Bonchev–Trinajstić information content (AvgIpc) is 2.67. The van der Waals surface area contributed by atoms with E-state index in [0.29, 0.717) is 19.6 Å². The highest BCUT2D eigenvalue weighted by molar-refractivity contribution is 5.91. The summed E-state index contributed by atoms with van der Waals surface area (Å²) < 4.78 is 15.6. The first-order chi connectivity index (χ1) is 12.5. The molecule has 1 aromatic carbocycles. The standard InChI is InChI=1S/C19H22N2O5/c1-13-11-20(14-6-4-5-7-16(14)24-2)8-9-21(13)19(23)17-10-15(22)18(25-3)12-26-17/h4-7,10,12-13H,8-9,11H2,1-3H3/t13-/m1/s1. The zero-order valence-electron chi connectivity index (χ0n) is 15.1. The molecule has 1 aliphatic heterocycles. The third-order valence-corrected chi connectivity index (χ3v) is 4.54. The predicted molar refractivity (Wildman–Crippen MR) is 97.2 cm³/mol. The average molecular weight is 358 g/mol. The van der Waals surface area contributed by atoms with Crippen LogP contribution < -0.4 is 19.8 Å². The van der Waals surface area contributed by atoms with Gasteiger partial charge in [0, 0.05) is 31.7 Å². The van der Waals surface area contributed by atoms with Gasteiger partial charge in [0.05, 0.1) is 19.9 Å². The maximum Gasteiger partial charge on any atom is 0.290 e. The lowest BCUT2D eigenvalue weighted by Gasteiger charge is -2.41. The highest BCUT2D eigenvalue weighted by atomic mass is 16.5. The molecule has 0 aliphatic carbocycles. The molecule has 1 fully saturated rings. The van der Waals surface area contributed by atoms with E-state index < -0.39 is 0 Å². The molecule has 1 aromatic heterocycles. The van der Waals surface area contributed by atoms with Crippen molar-refractivity contribution in [3.05, 3.63) is 52.6 Å². The van der Waals surface area contributed by atoms with Crippen LogP contribution in [0.4, 0.5) is 5.69 Å². The smallest absolute Gasteiger partial charge is 0.290 e. The lowest BCUT2D eigenvalue weighted by Crippen LogP contribution is -2.54. The van der Waals surface area contributed by atoms with Gasteiger partial charge in [-0.3, -0.25) is 9.59 Å². The number of ether oxygens (including phenoxy) is 2. The van der Waals surface area contributed by atoms with Gasteiger partial charge in [0.25, 0.3) is 5.91 Å². The Morgan fingerprint density at radius 1 is 1.15 bits per heavy atom. The van der Waals surface area contributed by atoms with Gasteiger partial charge in [-0.2, -0.15) is 0 Å². The molecule has 2 aromatic rings. The molecule has 138 valence electrons. The fourth-order valence-corrected chi connectivity index (χ4v) is 3.17. The van der Waals surface area contributed by atoms with Crippen molar-refractivity contribution in [3.63, 3.8) is 0 Å². The van der Waals surface area contributed by atoms with Crippen LogP contribution in [-0.4, -0.2) is 50.7 Å². The van der Waals surface area contributed by atoms with Crippen LogP contribution in [0.5, 0.6) is 11.5 Å². The number of hydrogen-bond donors (Lipinski definition) is 0. The quantitative estimate of drug-likeness (QED) is 0.833. The Morgan fingerprint density at radius 3 is 2.54 bits per heavy atom. The van der Waals surface area contributed by atoms with Crippen LogP contribution in [0.3, 0.4) is 0 Å². The third-order valence-electron chi connectivity index (χ3n) is 4.54. The van der Waals surface area contributed by atoms with Crippen molar-refractivity contribution in [3.8, 4) is 11.5 Å². The van der Waals surface area contributed by atoms with Gasteiger partial charge < -0.3 is 23.7 Å². The van der Waals surface area contributed by atoms with Gasteiger partial charge in [-0.15, -0.1) is 0 Å². The summed E-state index contributed by atoms with van der Waals surface area (Å²) in [6.45, 7) is 3.82. The van der Waals surface area contributed by atoms with Crippen LogP contribution in [0.15, 0.2) is 45.8 Å². The number of nitrogens with zero attached hydrogens (tertiary/aromatic N) is 2. The zero-order chi connectivity index (χ0) is 18.7. The molecule has 2 heterocycles. The van der Waals surface area contributed by atoms with Crippen LogP contribution in [0.2, 0.25) is 0 Å². The van der Waals surface area contributed by atoms with E-state index in [9.17, 15) is 9.59 Å². The SMILES string of the molecule is COc1ccccc1N1CCN(C(=O)c2cc(=O)c(OC)co2)[C@H](C)C1. The van der Waals surface area contributed by atoms with Crippen molar-refractivity contribution in [1.29, 1.82) is 0 Å². The summed E-state index contributed by atoms with van der Waals surface area (Å²) in [6, 6.07) is 8.95. The van der Waals surface area contributed by atoms with Gasteiger partial charge in [-0.25, -0.2) is 0 Å². The second kappa shape index (κ2) is 7.51. The van der Waals surface area contributed by atoms with E-state index in [4.69, 9.17) is 13.9 Å². The lowest BCUT2D eigenvalue weighted by molar-refractivity contribution is 0.0638. The Bertz CT molecular complexity index is 848. The molecule has 1 saturated heterocycles. The van der Waals surface area contributed by atoms with Crippen LogP contribution in [-0.2, 0) is 0 Å². The minimum Gasteiger partial charge on any atom is -0.495 e. The van der Waals surface area contributed by atoms with E-state index in [1.165, 1.54) is 19.4 Å². The molecule has 0 bridgehead atoms. The number of methoxy groups -OCH3 is 2. The molecule has 0 radical (unpaired) electrons. The van der Waals surface area contributed by atoms with Crippen LogP contribution in [0, 0.1) is 0 Å². The maximum atomic E-state index is 12.7. The van der Waals surface area contributed by atoms with Crippen molar-refractivity contribution in [1.82, 2.24) is 4.90 Å². The monoisotopic (exact) mass is 358 g/mol. The molecule has 1 amide bonds. The van der Waals surface area contributed by atoms with Crippen molar-refractivity contribution in [2.24, 2.45) is 0 Å². The minimum absolute atomic E-state index is 0.0217. The summed E-state index contributed by atoms with van der Waals surface area (Å²) in [6.07, 6.45) is 1.17. The first-order valence-electron chi connectivity index (χ1n) is 8.41. The second-order valence-corrected chi connectivity index (χ2v) is 6.14. The number of amides is 1. The molecule has 1 aliphatic rings. The number of carbonyl (C=O) groups is 1. The molecule has 1 atom stereocenters. The first kappa shape index (κ1) is 17.8. The Balaban J connectivity index is 1.75. The van der Waals surface area contributed by atoms with Gasteiger partial charge >= 0.3 is 0 Å². The molecule has 0 saturated carbocycles. The summed E-state index contributed by atoms with van der Waals surface area (Å²) in [5, 5.41) is 0. The van der Waals surface area contributed by atoms with Crippen LogP contribution in [0.25, 0.3) is 0 Å². The van der Waals surface area contributed by atoms with Crippen molar-refractivity contribution in [2.75, 3.05) is 38.8 Å². The number of rotatable bonds is 4. The molecule has 3 rings (SSSR count). The summed E-state index contributed by atoms with van der Waals surface area (Å²) in [4.78, 5) is 28.5. The van der Waals surface area contributed by atoms with Crippen LogP contribution >= 0.6 is 0 Å². The van der Waals surface area contributed by atoms with E-state index in [0.717, 1.165) is 11.4 Å². The van der Waals surface area contributed by atoms with E-state index in [1.54, 1.807) is 12.0 Å².